The van der Waals surface area contributed by atoms with Crippen molar-refractivity contribution in [3.63, 3.8) is 0 Å². The number of amides is 1. The molecule has 0 radical (unpaired) electrons. The van der Waals surface area contributed by atoms with Gasteiger partial charge in [-0.15, -0.1) is 0 Å². The van der Waals surface area contributed by atoms with Crippen LogP contribution in [0, 0.1) is 5.92 Å². The predicted octanol–water partition coefficient (Wildman–Crippen LogP) is 2.28. The minimum absolute atomic E-state index is 0.170. The van der Waals surface area contributed by atoms with Crippen LogP contribution in [0.2, 0.25) is 0 Å². The number of oxazole rings is 1. The summed E-state index contributed by atoms with van der Waals surface area (Å²) in [7, 11) is 3.15. The van der Waals surface area contributed by atoms with Crippen molar-refractivity contribution >= 4 is 5.91 Å². The van der Waals surface area contributed by atoms with E-state index >= 15 is 0 Å². The van der Waals surface area contributed by atoms with Crippen molar-refractivity contribution in [2.45, 2.75) is 26.4 Å². The van der Waals surface area contributed by atoms with Gasteiger partial charge in [0.25, 0.3) is 5.91 Å². The second-order valence-corrected chi connectivity index (χ2v) is 5.74. The summed E-state index contributed by atoms with van der Waals surface area (Å²) in [5.41, 5.74) is 7.02. The van der Waals surface area contributed by atoms with Crippen LogP contribution in [0.4, 0.5) is 0 Å². The van der Waals surface area contributed by atoms with Gasteiger partial charge in [-0.25, -0.2) is 4.98 Å². The molecule has 0 bridgehead atoms. The van der Waals surface area contributed by atoms with E-state index in [9.17, 15) is 4.79 Å². The number of hydrogen-bond acceptors (Lipinski definition) is 6. The molecule has 0 saturated heterocycles. The fraction of sp³-hybridized carbons (Fsp3) is 0.412. The summed E-state index contributed by atoms with van der Waals surface area (Å²) in [5, 5.41) is 2.79. The number of nitrogens with two attached hydrogens (primary N) is 1. The topological polar surface area (TPSA) is 99.6 Å². The van der Waals surface area contributed by atoms with Gasteiger partial charge in [-0.3, -0.25) is 4.79 Å². The Kier molecular flexibility index (Phi) is 5.81. The Morgan fingerprint density at radius 2 is 1.88 bits per heavy atom. The molecule has 0 fully saturated rings. The van der Waals surface area contributed by atoms with Crippen LogP contribution < -0.4 is 20.5 Å². The van der Waals surface area contributed by atoms with Gasteiger partial charge in [-0.05, 0) is 23.6 Å². The second kappa shape index (κ2) is 7.83. The van der Waals surface area contributed by atoms with Crippen LogP contribution in [-0.2, 0) is 6.54 Å². The zero-order chi connectivity index (χ0) is 17.7. The highest BCUT2D eigenvalue weighted by atomic mass is 16.5. The van der Waals surface area contributed by atoms with E-state index in [1.54, 1.807) is 20.3 Å². The average Bonchev–Trinajstić information content (AvgIpc) is 3.08. The number of hydrogen-bond donors (Lipinski definition) is 2. The molecule has 0 aliphatic rings. The fourth-order valence-corrected chi connectivity index (χ4v) is 2.07. The third kappa shape index (κ3) is 4.26. The van der Waals surface area contributed by atoms with Gasteiger partial charge in [0.15, 0.2) is 5.69 Å². The van der Waals surface area contributed by atoms with Crippen LogP contribution >= 0.6 is 0 Å². The molecule has 7 heteroatoms. The Morgan fingerprint density at radius 1 is 1.25 bits per heavy atom. The molecule has 130 valence electrons. The summed E-state index contributed by atoms with van der Waals surface area (Å²) in [5.74, 6) is 1.51. The first-order chi connectivity index (χ1) is 11.4. The molecule has 0 spiro atoms. The normalized spacial score (nSPS) is 12.1. The molecule has 24 heavy (non-hydrogen) atoms. The predicted molar refractivity (Wildman–Crippen MR) is 89.0 cm³/mol. The fourth-order valence-electron chi connectivity index (χ4n) is 2.07. The maximum absolute atomic E-state index is 12.2. The largest absolute Gasteiger partial charge is 0.497 e. The van der Waals surface area contributed by atoms with Gasteiger partial charge in [-0.1, -0.05) is 13.8 Å². The third-order valence-electron chi connectivity index (χ3n) is 3.62. The molecule has 1 aromatic carbocycles. The molecular weight excluding hydrogens is 310 g/mol. The Bertz CT molecular complexity index is 675. The summed E-state index contributed by atoms with van der Waals surface area (Å²) in [4.78, 5) is 16.4. The maximum atomic E-state index is 12.2. The molecule has 7 nitrogen and oxygen atoms in total. The summed E-state index contributed by atoms with van der Waals surface area (Å²) in [6.07, 6.45) is 1.32. The lowest BCUT2D eigenvalue weighted by molar-refractivity contribution is 0.0945. The SMILES string of the molecule is COc1cc(CNC(=O)c2coc(C(N)C(C)C)n2)cc(OC)c1. The molecular formula is C17H23N3O4. The Morgan fingerprint density at radius 3 is 2.42 bits per heavy atom. The van der Waals surface area contributed by atoms with Crippen molar-refractivity contribution in [1.29, 1.82) is 0 Å². The summed E-state index contributed by atoms with van der Waals surface area (Å²) in [6.45, 7) is 4.24. The van der Waals surface area contributed by atoms with Gasteiger partial charge in [-0.2, -0.15) is 0 Å². The first-order valence-electron chi connectivity index (χ1n) is 7.65. The molecule has 1 heterocycles. The van der Waals surface area contributed by atoms with E-state index in [-0.39, 0.29) is 23.6 Å². The van der Waals surface area contributed by atoms with Gasteiger partial charge in [0.1, 0.15) is 17.8 Å². The van der Waals surface area contributed by atoms with Crippen LogP contribution in [0.5, 0.6) is 11.5 Å². The van der Waals surface area contributed by atoms with Crippen LogP contribution in [0.3, 0.4) is 0 Å². The quantitative estimate of drug-likeness (QED) is 0.806. The molecule has 0 saturated carbocycles. The maximum Gasteiger partial charge on any atom is 0.273 e. The van der Waals surface area contributed by atoms with E-state index in [1.165, 1.54) is 6.26 Å². The highest BCUT2D eigenvalue weighted by Gasteiger charge is 2.19. The van der Waals surface area contributed by atoms with E-state index in [0.29, 0.717) is 23.9 Å². The highest BCUT2D eigenvalue weighted by Crippen LogP contribution is 2.22. The molecule has 2 aromatic rings. The number of methoxy groups -OCH3 is 2. The molecule has 1 unspecified atom stereocenters. The van der Waals surface area contributed by atoms with Crippen molar-refractivity contribution in [2.75, 3.05) is 14.2 Å². The lowest BCUT2D eigenvalue weighted by atomic mass is 10.1. The number of carbonyl (C=O) groups is 1. The molecule has 2 rings (SSSR count). The van der Waals surface area contributed by atoms with Gasteiger partial charge >= 0.3 is 0 Å². The van der Waals surface area contributed by atoms with Crippen LogP contribution in [0.25, 0.3) is 0 Å². The minimum Gasteiger partial charge on any atom is -0.497 e. The van der Waals surface area contributed by atoms with Crippen molar-refractivity contribution < 1.29 is 18.7 Å². The number of benzene rings is 1. The smallest absolute Gasteiger partial charge is 0.273 e. The van der Waals surface area contributed by atoms with E-state index in [1.807, 2.05) is 26.0 Å². The van der Waals surface area contributed by atoms with Crippen molar-refractivity contribution in [1.82, 2.24) is 10.3 Å². The summed E-state index contributed by atoms with van der Waals surface area (Å²) >= 11 is 0. The molecule has 0 aliphatic heterocycles. The van der Waals surface area contributed by atoms with Crippen LogP contribution in [-0.4, -0.2) is 25.1 Å². The third-order valence-corrected chi connectivity index (χ3v) is 3.62. The molecule has 1 atom stereocenters. The zero-order valence-electron chi connectivity index (χ0n) is 14.3. The van der Waals surface area contributed by atoms with Gasteiger partial charge in [0.2, 0.25) is 5.89 Å². The average molecular weight is 333 g/mol. The van der Waals surface area contributed by atoms with Crippen molar-refractivity contribution in [3.8, 4) is 11.5 Å². The van der Waals surface area contributed by atoms with Gasteiger partial charge in [0.05, 0.1) is 20.3 Å². The molecule has 1 amide bonds. The number of aromatic nitrogens is 1. The highest BCUT2D eigenvalue weighted by molar-refractivity contribution is 5.91. The zero-order valence-corrected chi connectivity index (χ0v) is 14.3. The van der Waals surface area contributed by atoms with Crippen LogP contribution in [0.15, 0.2) is 28.9 Å². The lowest BCUT2D eigenvalue weighted by Gasteiger charge is -2.10. The Hall–Kier alpha value is -2.54. The number of nitrogens with zero attached hydrogens (tertiary/aromatic N) is 1. The minimum atomic E-state index is -0.339. The van der Waals surface area contributed by atoms with Gasteiger partial charge < -0.3 is 24.9 Å². The molecule has 3 N–H and O–H groups in total. The van der Waals surface area contributed by atoms with Crippen molar-refractivity contribution in [3.05, 3.63) is 41.6 Å². The lowest BCUT2D eigenvalue weighted by Crippen LogP contribution is -2.23. The van der Waals surface area contributed by atoms with E-state index in [4.69, 9.17) is 19.6 Å². The molecule has 0 aliphatic carbocycles. The van der Waals surface area contributed by atoms with E-state index in [2.05, 4.69) is 10.3 Å². The number of carbonyl (C=O) groups excluding carboxylic acids is 1. The summed E-state index contributed by atoms with van der Waals surface area (Å²) < 4.78 is 15.7. The van der Waals surface area contributed by atoms with E-state index in [0.717, 1.165) is 5.56 Å². The van der Waals surface area contributed by atoms with E-state index < -0.39 is 0 Å². The first-order valence-corrected chi connectivity index (χ1v) is 7.65. The summed E-state index contributed by atoms with van der Waals surface area (Å²) in [6, 6.07) is 5.08. The monoisotopic (exact) mass is 333 g/mol. The van der Waals surface area contributed by atoms with Crippen LogP contribution in [0.1, 0.15) is 41.8 Å². The number of ether oxygens (including phenoxy) is 2. The Balaban J connectivity index is 2.03. The van der Waals surface area contributed by atoms with Gasteiger partial charge in [0, 0.05) is 12.6 Å². The Labute approximate surface area is 141 Å². The standard InChI is InChI=1S/C17H23N3O4/c1-10(2)15(18)17-20-14(9-24-17)16(21)19-8-11-5-12(22-3)7-13(6-11)23-4/h5-7,9-10,15H,8,18H2,1-4H3,(H,19,21). The molecule has 1 aromatic heterocycles. The number of rotatable bonds is 7. The van der Waals surface area contributed by atoms with Crippen molar-refractivity contribution in [2.24, 2.45) is 11.7 Å². The second-order valence-electron chi connectivity index (χ2n) is 5.74. The first kappa shape index (κ1) is 17.8. The number of nitrogens with one attached hydrogen (secondary N) is 1.